The van der Waals surface area contributed by atoms with E-state index in [0.29, 0.717) is 12.5 Å². The molecule has 4 nitrogen and oxygen atoms in total. The van der Waals surface area contributed by atoms with Crippen molar-refractivity contribution in [3.05, 3.63) is 35.6 Å². The molecular formula is C16H23FN2O2. The predicted octanol–water partition coefficient (Wildman–Crippen LogP) is 1.79. The molecule has 0 bridgehead atoms. The Bertz CT molecular complexity index is 477. The highest BCUT2D eigenvalue weighted by molar-refractivity contribution is 5.17. The molecule has 0 saturated carbocycles. The van der Waals surface area contributed by atoms with Crippen LogP contribution in [-0.4, -0.2) is 31.5 Å². The summed E-state index contributed by atoms with van der Waals surface area (Å²) in [7, 11) is 0. The lowest BCUT2D eigenvalue weighted by molar-refractivity contribution is -0.103. The van der Waals surface area contributed by atoms with Gasteiger partial charge in [0.1, 0.15) is 5.82 Å². The number of benzene rings is 1. The van der Waals surface area contributed by atoms with Crippen molar-refractivity contribution in [2.24, 2.45) is 11.8 Å². The van der Waals surface area contributed by atoms with E-state index >= 15 is 0 Å². The molecule has 3 N–H and O–H groups in total. The minimum absolute atomic E-state index is 0.125. The summed E-state index contributed by atoms with van der Waals surface area (Å²) in [4.78, 5) is 0. The van der Waals surface area contributed by atoms with E-state index in [1.165, 1.54) is 6.07 Å². The molecule has 116 valence electrons. The average Bonchev–Trinajstić information content (AvgIpc) is 2.92. The first kappa shape index (κ1) is 14.9. The largest absolute Gasteiger partial charge is 0.378 e. The van der Waals surface area contributed by atoms with E-state index in [-0.39, 0.29) is 17.5 Å². The Morgan fingerprint density at radius 2 is 2.33 bits per heavy atom. The van der Waals surface area contributed by atoms with Crippen molar-refractivity contribution in [2.75, 3.05) is 19.8 Å². The first-order valence-corrected chi connectivity index (χ1v) is 7.63. The van der Waals surface area contributed by atoms with Gasteiger partial charge in [-0.3, -0.25) is 11.3 Å². The molecule has 0 amide bonds. The molecule has 3 atom stereocenters. The fourth-order valence-electron chi connectivity index (χ4n) is 3.55. The number of nitrogens with one attached hydrogen (secondary N) is 1. The molecule has 1 aromatic carbocycles. The molecule has 2 saturated heterocycles. The summed E-state index contributed by atoms with van der Waals surface area (Å²) >= 11 is 0. The van der Waals surface area contributed by atoms with Gasteiger partial charge in [0.25, 0.3) is 0 Å². The maximum absolute atomic E-state index is 13.3. The molecule has 1 spiro atoms. The Balaban J connectivity index is 1.67. The second-order valence-corrected chi connectivity index (χ2v) is 6.19. The van der Waals surface area contributed by atoms with Crippen molar-refractivity contribution in [3.8, 4) is 0 Å². The minimum atomic E-state index is -0.198. The lowest BCUT2D eigenvalue weighted by atomic mass is 9.79. The standard InChI is InChI=1S/C16H23FN2O2/c17-14-3-1-2-12(8-14)9-15(19-18)13-4-6-21-16(10-13)5-7-20-11-16/h1-3,8,13,15,19H,4-7,9-11,18H2. The van der Waals surface area contributed by atoms with E-state index in [1.54, 1.807) is 12.1 Å². The molecule has 0 aromatic heterocycles. The third-order valence-corrected chi connectivity index (χ3v) is 4.73. The van der Waals surface area contributed by atoms with Crippen LogP contribution in [0.5, 0.6) is 0 Å². The first-order chi connectivity index (χ1) is 10.2. The third kappa shape index (κ3) is 3.43. The van der Waals surface area contributed by atoms with Crippen LogP contribution in [0.15, 0.2) is 24.3 Å². The summed E-state index contributed by atoms with van der Waals surface area (Å²) < 4.78 is 24.8. The molecule has 2 aliphatic heterocycles. The molecule has 5 heteroatoms. The maximum Gasteiger partial charge on any atom is 0.123 e. The lowest BCUT2D eigenvalue weighted by Gasteiger charge is -2.40. The van der Waals surface area contributed by atoms with Crippen molar-refractivity contribution in [3.63, 3.8) is 0 Å². The van der Waals surface area contributed by atoms with Crippen LogP contribution in [0.1, 0.15) is 24.8 Å². The topological polar surface area (TPSA) is 56.5 Å². The Kier molecular flexibility index (Phi) is 4.54. The monoisotopic (exact) mass is 294 g/mol. The molecule has 2 aliphatic rings. The molecular weight excluding hydrogens is 271 g/mol. The van der Waals surface area contributed by atoms with E-state index < -0.39 is 0 Å². The van der Waals surface area contributed by atoms with Gasteiger partial charge in [0, 0.05) is 25.7 Å². The number of hydrogen-bond acceptors (Lipinski definition) is 4. The molecule has 1 aromatic rings. The van der Waals surface area contributed by atoms with Gasteiger partial charge in [0.2, 0.25) is 0 Å². The number of rotatable bonds is 4. The second-order valence-electron chi connectivity index (χ2n) is 6.19. The van der Waals surface area contributed by atoms with Crippen molar-refractivity contribution in [1.29, 1.82) is 0 Å². The Labute approximate surface area is 124 Å². The van der Waals surface area contributed by atoms with E-state index in [2.05, 4.69) is 5.43 Å². The van der Waals surface area contributed by atoms with E-state index in [0.717, 1.165) is 44.5 Å². The van der Waals surface area contributed by atoms with Gasteiger partial charge in [-0.05, 0) is 42.9 Å². The van der Waals surface area contributed by atoms with Crippen LogP contribution in [-0.2, 0) is 15.9 Å². The molecule has 0 radical (unpaired) electrons. The van der Waals surface area contributed by atoms with Crippen LogP contribution in [0.4, 0.5) is 4.39 Å². The number of halogens is 1. The number of ether oxygens (including phenoxy) is 2. The Hall–Kier alpha value is -1.01. The van der Waals surface area contributed by atoms with E-state index in [1.807, 2.05) is 6.07 Å². The van der Waals surface area contributed by atoms with Gasteiger partial charge in [-0.1, -0.05) is 12.1 Å². The van der Waals surface area contributed by atoms with E-state index in [4.69, 9.17) is 15.3 Å². The van der Waals surface area contributed by atoms with Crippen LogP contribution in [0.2, 0.25) is 0 Å². The summed E-state index contributed by atoms with van der Waals surface area (Å²) in [5.41, 5.74) is 3.78. The van der Waals surface area contributed by atoms with Crippen LogP contribution in [0.25, 0.3) is 0 Å². The highest BCUT2D eigenvalue weighted by atomic mass is 19.1. The normalized spacial score (nSPS) is 30.7. The predicted molar refractivity (Wildman–Crippen MR) is 78.1 cm³/mol. The summed E-state index contributed by atoms with van der Waals surface area (Å²) in [6.07, 6.45) is 3.62. The van der Waals surface area contributed by atoms with Gasteiger partial charge < -0.3 is 9.47 Å². The quantitative estimate of drug-likeness (QED) is 0.656. The number of hydrazine groups is 1. The van der Waals surface area contributed by atoms with Gasteiger partial charge in [0.15, 0.2) is 0 Å². The highest BCUT2D eigenvalue weighted by Gasteiger charge is 2.42. The highest BCUT2D eigenvalue weighted by Crippen LogP contribution is 2.37. The van der Waals surface area contributed by atoms with Crippen LogP contribution in [0, 0.1) is 11.7 Å². The second kappa shape index (κ2) is 6.40. The first-order valence-electron chi connectivity index (χ1n) is 7.63. The van der Waals surface area contributed by atoms with Gasteiger partial charge in [-0.15, -0.1) is 0 Å². The van der Waals surface area contributed by atoms with Gasteiger partial charge in [-0.2, -0.15) is 0 Å². The summed E-state index contributed by atoms with van der Waals surface area (Å²) in [5.74, 6) is 5.99. The SMILES string of the molecule is NNC(Cc1cccc(F)c1)C1CCOC2(CCOC2)C1. The lowest BCUT2D eigenvalue weighted by Crippen LogP contribution is -2.50. The molecule has 2 fully saturated rings. The summed E-state index contributed by atoms with van der Waals surface area (Å²) in [6, 6.07) is 6.87. The number of nitrogens with two attached hydrogens (primary N) is 1. The van der Waals surface area contributed by atoms with Crippen LogP contribution < -0.4 is 11.3 Å². The zero-order valence-corrected chi connectivity index (χ0v) is 12.2. The van der Waals surface area contributed by atoms with Crippen LogP contribution >= 0.6 is 0 Å². The van der Waals surface area contributed by atoms with E-state index in [9.17, 15) is 4.39 Å². The van der Waals surface area contributed by atoms with Crippen LogP contribution in [0.3, 0.4) is 0 Å². The van der Waals surface area contributed by atoms with Gasteiger partial charge in [-0.25, -0.2) is 4.39 Å². The van der Waals surface area contributed by atoms with Gasteiger partial charge >= 0.3 is 0 Å². The average molecular weight is 294 g/mol. The molecule has 3 unspecified atom stereocenters. The zero-order valence-electron chi connectivity index (χ0n) is 12.2. The van der Waals surface area contributed by atoms with Crippen molar-refractivity contribution >= 4 is 0 Å². The molecule has 21 heavy (non-hydrogen) atoms. The smallest absolute Gasteiger partial charge is 0.123 e. The Morgan fingerprint density at radius 3 is 3.05 bits per heavy atom. The third-order valence-electron chi connectivity index (χ3n) is 4.73. The summed E-state index contributed by atoms with van der Waals surface area (Å²) in [5, 5.41) is 0. The fourth-order valence-corrected chi connectivity index (χ4v) is 3.55. The molecule has 3 rings (SSSR count). The van der Waals surface area contributed by atoms with Crippen molar-refractivity contribution < 1.29 is 13.9 Å². The summed E-state index contributed by atoms with van der Waals surface area (Å²) in [6.45, 7) is 2.20. The van der Waals surface area contributed by atoms with Gasteiger partial charge in [0.05, 0.1) is 12.2 Å². The fraction of sp³-hybridized carbons (Fsp3) is 0.625. The van der Waals surface area contributed by atoms with Crippen molar-refractivity contribution in [1.82, 2.24) is 5.43 Å². The number of hydrogen-bond donors (Lipinski definition) is 2. The molecule has 2 heterocycles. The maximum atomic E-state index is 13.3. The zero-order chi connectivity index (χ0) is 14.7. The molecule has 0 aliphatic carbocycles. The van der Waals surface area contributed by atoms with Crippen molar-refractivity contribution in [2.45, 2.75) is 37.3 Å². The Morgan fingerprint density at radius 1 is 1.43 bits per heavy atom. The minimum Gasteiger partial charge on any atom is -0.378 e.